The molecule has 0 amide bonds. The van der Waals surface area contributed by atoms with Crippen molar-refractivity contribution in [1.82, 2.24) is 24.0 Å². The number of nitrogens with zero attached hydrogens (tertiary/aromatic N) is 5. The molecule has 1 aliphatic rings. The predicted molar refractivity (Wildman–Crippen MR) is 65.7 cm³/mol. The quantitative estimate of drug-likeness (QED) is 0.758. The van der Waals surface area contributed by atoms with Gasteiger partial charge in [0.25, 0.3) is 16.0 Å². The Bertz CT molecular complexity index is 701. The number of sulfonamides is 1. The Hall–Kier alpha value is -1.78. The molecule has 0 atom stereocenters. The molecular formula is C10H13N5O4S. The molecule has 0 spiro atoms. The molecule has 108 valence electrons. The molecule has 1 fully saturated rings. The number of aryl methyl sites for hydroxylation is 1. The summed E-state index contributed by atoms with van der Waals surface area (Å²) in [6.07, 6.45) is 2.71. The molecule has 3 heterocycles. The number of morpholine rings is 1. The van der Waals surface area contributed by atoms with Crippen LogP contribution in [-0.4, -0.2) is 58.7 Å². The van der Waals surface area contributed by atoms with Gasteiger partial charge in [0.2, 0.25) is 5.89 Å². The van der Waals surface area contributed by atoms with E-state index in [4.69, 9.17) is 9.26 Å². The van der Waals surface area contributed by atoms with Gasteiger partial charge < -0.3 is 9.26 Å². The molecule has 0 aliphatic carbocycles. The molecule has 0 N–H and O–H groups in total. The summed E-state index contributed by atoms with van der Waals surface area (Å²) in [6, 6.07) is 0. The van der Waals surface area contributed by atoms with Gasteiger partial charge in [-0.3, -0.25) is 4.57 Å². The lowest BCUT2D eigenvalue weighted by atomic mass is 10.5. The molecule has 9 nitrogen and oxygen atoms in total. The molecule has 0 radical (unpaired) electrons. The van der Waals surface area contributed by atoms with Gasteiger partial charge in [-0.15, -0.1) is 0 Å². The molecule has 0 unspecified atom stereocenters. The summed E-state index contributed by atoms with van der Waals surface area (Å²) in [4.78, 5) is 7.93. The average Bonchev–Trinajstić information content (AvgIpc) is 3.08. The Balaban J connectivity index is 1.89. The fourth-order valence-corrected chi connectivity index (χ4v) is 3.18. The molecule has 20 heavy (non-hydrogen) atoms. The molecule has 1 saturated heterocycles. The second kappa shape index (κ2) is 4.96. The van der Waals surface area contributed by atoms with Gasteiger partial charge in [-0.25, -0.2) is 13.4 Å². The van der Waals surface area contributed by atoms with Crippen LogP contribution in [0, 0.1) is 6.92 Å². The van der Waals surface area contributed by atoms with Crippen molar-refractivity contribution in [2.45, 2.75) is 11.9 Å². The van der Waals surface area contributed by atoms with Crippen molar-refractivity contribution in [1.29, 1.82) is 0 Å². The van der Waals surface area contributed by atoms with Gasteiger partial charge >= 0.3 is 0 Å². The molecule has 0 saturated carbocycles. The van der Waals surface area contributed by atoms with Gasteiger partial charge in [0.15, 0.2) is 5.03 Å². The van der Waals surface area contributed by atoms with E-state index in [1.807, 2.05) is 0 Å². The van der Waals surface area contributed by atoms with Gasteiger partial charge in [0.05, 0.1) is 19.4 Å². The highest BCUT2D eigenvalue weighted by Gasteiger charge is 2.28. The lowest BCUT2D eigenvalue weighted by Gasteiger charge is -2.24. The third kappa shape index (κ3) is 2.32. The number of hydrogen-bond acceptors (Lipinski definition) is 7. The maximum atomic E-state index is 12.4. The number of imidazole rings is 1. The number of aromatic nitrogens is 4. The van der Waals surface area contributed by atoms with Crippen molar-refractivity contribution in [3.63, 3.8) is 0 Å². The van der Waals surface area contributed by atoms with Gasteiger partial charge in [-0.1, -0.05) is 0 Å². The van der Waals surface area contributed by atoms with Crippen LogP contribution in [0.15, 0.2) is 22.1 Å². The van der Waals surface area contributed by atoms with Crippen molar-refractivity contribution < 1.29 is 17.7 Å². The Morgan fingerprint density at radius 3 is 2.70 bits per heavy atom. The second-order valence-corrected chi connectivity index (χ2v) is 6.13. The summed E-state index contributed by atoms with van der Waals surface area (Å²) in [7, 11) is -3.61. The SMILES string of the molecule is Cc1nc(-n2cnc(S(=O)(=O)N3CCOCC3)c2)no1. The van der Waals surface area contributed by atoms with Crippen LogP contribution in [0.1, 0.15) is 5.89 Å². The van der Waals surface area contributed by atoms with Crippen LogP contribution >= 0.6 is 0 Å². The Morgan fingerprint density at radius 1 is 1.30 bits per heavy atom. The molecule has 0 bridgehead atoms. The molecule has 1 aliphatic heterocycles. The lowest BCUT2D eigenvalue weighted by Crippen LogP contribution is -2.40. The van der Waals surface area contributed by atoms with Crippen LogP contribution in [0.5, 0.6) is 0 Å². The number of ether oxygens (including phenoxy) is 1. The van der Waals surface area contributed by atoms with Gasteiger partial charge in [0, 0.05) is 20.0 Å². The van der Waals surface area contributed by atoms with Crippen molar-refractivity contribution >= 4 is 10.0 Å². The van der Waals surface area contributed by atoms with Gasteiger partial charge in [0.1, 0.15) is 6.33 Å². The first-order chi connectivity index (χ1) is 9.57. The van der Waals surface area contributed by atoms with Crippen LogP contribution in [-0.2, 0) is 14.8 Å². The number of rotatable bonds is 3. The maximum absolute atomic E-state index is 12.4. The van der Waals surface area contributed by atoms with Crippen LogP contribution in [0.4, 0.5) is 0 Å². The minimum atomic E-state index is -3.61. The van der Waals surface area contributed by atoms with Crippen LogP contribution in [0.25, 0.3) is 5.95 Å². The Morgan fingerprint density at radius 2 is 2.05 bits per heavy atom. The van der Waals surface area contributed by atoms with Crippen LogP contribution in [0.3, 0.4) is 0 Å². The van der Waals surface area contributed by atoms with Gasteiger partial charge in [-0.05, 0) is 5.16 Å². The van der Waals surface area contributed by atoms with E-state index in [-0.39, 0.29) is 11.0 Å². The summed E-state index contributed by atoms with van der Waals surface area (Å²) in [5, 5.41) is 3.66. The van der Waals surface area contributed by atoms with Gasteiger partial charge in [-0.2, -0.15) is 9.29 Å². The van der Waals surface area contributed by atoms with Crippen molar-refractivity contribution in [3.05, 3.63) is 18.4 Å². The largest absolute Gasteiger partial charge is 0.379 e. The second-order valence-electron chi connectivity index (χ2n) is 4.25. The van der Waals surface area contributed by atoms with E-state index in [9.17, 15) is 8.42 Å². The third-order valence-corrected chi connectivity index (χ3v) is 4.67. The first-order valence-corrected chi connectivity index (χ1v) is 7.44. The van der Waals surface area contributed by atoms with E-state index in [2.05, 4.69) is 15.1 Å². The minimum absolute atomic E-state index is 0.0400. The maximum Gasteiger partial charge on any atom is 0.275 e. The fraction of sp³-hybridized carbons (Fsp3) is 0.500. The fourth-order valence-electron chi connectivity index (χ4n) is 1.86. The van der Waals surface area contributed by atoms with E-state index in [0.717, 1.165) is 0 Å². The molecule has 2 aromatic heterocycles. The molecule has 10 heteroatoms. The first kappa shape index (κ1) is 13.2. The zero-order valence-electron chi connectivity index (χ0n) is 10.8. The van der Waals surface area contributed by atoms with E-state index in [1.54, 1.807) is 6.92 Å². The van der Waals surface area contributed by atoms with E-state index in [0.29, 0.717) is 32.2 Å². The topological polar surface area (TPSA) is 103 Å². The third-order valence-electron chi connectivity index (χ3n) is 2.88. The minimum Gasteiger partial charge on any atom is -0.379 e. The molecule has 3 rings (SSSR count). The summed E-state index contributed by atoms with van der Waals surface area (Å²) in [5.74, 6) is 0.643. The Kier molecular flexibility index (Phi) is 3.28. The Labute approximate surface area is 115 Å². The lowest BCUT2D eigenvalue weighted by molar-refractivity contribution is 0.0729. The predicted octanol–water partition coefficient (Wildman–Crippen LogP) is -0.415. The first-order valence-electron chi connectivity index (χ1n) is 6.00. The van der Waals surface area contributed by atoms with E-state index < -0.39 is 10.0 Å². The van der Waals surface area contributed by atoms with Crippen LogP contribution in [0.2, 0.25) is 0 Å². The summed E-state index contributed by atoms with van der Waals surface area (Å²) in [6.45, 7) is 3.10. The molecule has 2 aromatic rings. The smallest absolute Gasteiger partial charge is 0.275 e. The summed E-state index contributed by atoms with van der Waals surface area (Å²) < 4.78 is 37.5. The van der Waals surface area contributed by atoms with Crippen molar-refractivity contribution in [2.24, 2.45) is 0 Å². The van der Waals surface area contributed by atoms with E-state index >= 15 is 0 Å². The highest BCUT2D eigenvalue weighted by atomic mass is 32.2. The van der Waals surface area contributed by atoms with Crippen molar-refractivity contribution in [3.8, 4) is 5.95 Å². The monoisotopic (exact) mass is 299 g/mol. The normalized spacial score (nSPS) is 17.4. The zero-order valence-corrected chi connectivity index (χ0v) is 11.6. The standard InChI is InChI=1S/C10H13N5O4S/c1-8-12-10(13-19-8)14-6-9(11-7-14)20(16,17)15-2-4-18-5-3-15/h6-7H,2-5H2,1H3. The molecular weight excluding hydrogens is 286 g/mol. The summed E-state index contributed by atoms with van der Waals surface area (Å²) in [5.41, 5.74) is 0. The highest BCUT2D eigenvalue weighted by molar-refractivity contribution is 7.89. The molecule has 0 aromatic carbocycles. The van der Waals surface area contributed by atoms with E-state index in [1.165, 1.54) is 21.4 Å². The average molecular weight is 299 g/mol. The summed E-state index contributed by atoms with van der Waals surface area (Å²) >= 11 is 0. The van der Waals surface area contributed by atoms with Crippen LogP contribution < -0.4 is 0 Å². The number of hydrogen-bond donors (Lipinski definition) is 0. The highest BCUT2D eigenvalue weighted by Crippen LogP contribution is 2.16. The van der Waals surface area contributed by atoms with Crippen molar-refractivity contribution in [2.75, 3.05) is 26.3 Å². The zero-order chi connectivity index (χ0) is 14.2.